The van der Waals surface area contributed by atoms with Crippen LogP contribution in [0.25, 0.3) is 10.9 Å². The van der Waals surface area contributed by atoms with Crippen LogP contribution in [0.2, 0.25) is 5.02 Å². The van der Waals surface area contributed by atoms with E-state index in [9.17, 15) is 14.4 Å². The van der Waals surface area contributed by atoms with Gasteiger partial charge in [-0.2, -0.15) is 0 Å². The summed E-state index contributed by atoms with van der Waals surface area (Å²) in [5.74, 6) is -1.93. The molecule has 0 saturated heterocycles. The van der Waals surface area contributed by atoms with Gasteiger partial charge in [0.15, 0.2) is 0 Å². The Hall–Kier alpha value is -3.82. The number of carbonyl (C=O) groups is 3. The quantitative estimate of drug-likeness (QED) is 0.258. The fraction of sp³-hybridized carbons (Fsp3) is 0.115. The van der Waals surface area contributed by atoms with E-state index in [1.165, 1.54) is 4.68 Å². The first-order valence-corrected chi connectivity index (χ1v) is 12.2. The number of halogens is 2. The van der Waals surface area contributed by atoms with Crippen LogP contribution in [0, 0.1) is 6.92 Å². The fourth-order valence-corrected chi connectivity index (χ4v) is 4.14. The molecular weight excluding hydrogens is 548 g/mol. The molecule has 3 N–H and O–H groups in total. The van der Waals surface area contributed by atoms with Crippen molar-refractivity contribution in [1.82, 2.24) is 4.68 Å². The number of carbonyl (C=O) groups excluding carboxylic acids is 3. The van der Waals surface area contributed by atoms with Gasteiger partial charge in [0.05, 0.1) is 17.8 Å². The van der Waals surface area contributed by atoms with Gasteiger partial charge in [-0.3, -0.25) is 19.8 Å². The number of benzene rings is 3. The number of aromatic nitrogens is 1. The number of hydrogen-bond donors (Lipinski definition) is 3. The van der Waals surface area contributed by atoms with E-state index in [0.29, 0.717) is 45.2 Å². The van der Waals surface area contributed by atoms with Crippen molar-refractivity contribution in [1.29, 1.82) is 0 Å². The molecule has 3 amide bonds. The van der Waals surface area contributed by atoms with Crippen LogP contribution >= 0.6 is 27.5 Å². The molecular formula is C26H22BrClN4O4. The summed E-state index contributed by atoms with van der Waals surface area (Å²) in [6, 6.07) is 18.9. The molecule has 10 heteroatoms. The number of amides is 3. The van der Waals surface area contributed by atoms with Gasteiger partial charge in [0.25, 0.3) is 5.91 Å². The lowest BCUT2D eigenvalue weighted by Crippen LogP contribution is -2.36. The predicted molar refractivity (Wildman–Crippen MR) is 144 cm³/mol. The van der Waals surface area contributed by atoms with Crippen molar-refractivity contribution >= 4 is 67.5 Å². The van der Waals surface area contributed by atoms with E-state index in [1.807, 2.05) is 6.92 Å². The Labute approximate surface area is 220 Å². The number of nitrogens with zero attached hydrogens (tertiary/aromatic N) is 1. The first-order chi connectivity index (χ1) is 17.3. The maximum absolute atomic E-state index is 13.3. The van der Waals surface area contributed by atoms with Gasteiger partial charge >= 0.3 is 11.8 Å². The number of hydrogen-bond acceptors (Lipinski definition) is 4. The highest BCUT2D eigenvalue weighted by Crippen LogP contribution is 2.27. The van der Waals surface area contributed by atoms with Gasteiger partial charge in [0.2, 0.25) is 0 Å². The second kappa shape index (κ2) is 10.8. The minimum atomic E-state index is -0.963. The molecule has 0 bridgehead atoms. The van der Waals surface area contributed by atoms with Crippen LogP contribution < -0.4 is 20.8 Å². The molecule has 0 atom stereocenters. The van der Waals surface area contributed by atoms with E-state index in [-0.39, 0.29) is 5.69 Å². The summed E-state index contributed by atoms with van der Waals surface area (Å²) in [6.45, 7) is 4.00. The molecule has 4 aromatic rings. The average Bonchev–Trinajstić information content (AvgIpc) is 3.20. The normalized spacial score (nSPS) is 10.7. The molecule has 1 heterocycles. The highest BCUT2D eigenvalue weighted by atomic mass is 79.9. The van der Waals surface area contributed by atoms with Crippen molar-refractivity contribution in [3.05, 3.63) is 87.5 Å². The highest BCUT2D eigenvalue weighted by Gasteiger charge is 2.22. The van der Waals surface area contributed by atoms with Gasteiger partial charge in [-0.25, -0.2) is 4.68 Å². The Morgan fingerprint density at radius 2 is 1.69 bits per heavy atom. The lowest BCUT2D eigenvalue weighted by atomic mass is 10.2. The first kappa shape index (κ1) is 25.3. The number of ether oxygens (including phenoxy) is 1. The Bertz CT molecular complexity index is 1480. The topological polar surface area (TPSA) is 101 Å². The summed E-state index contributed by atoms with van der Waals surface area (Å²) in [6.07, 6.45) is 0. The largest absolute Gasteiger partial charge is 0.492 e. The van der Waals surface area contributed by atoms with Crippen LogP contribution in [0.1, 0.15) is 23.0 Å². The highest BCUT2D eigenvalue weighted by molar-refractivity contribution is 9.10. The second-order valence-corrected chi connectivity index (χ2v) is 9.08. The van der Waals surface area contributed by atoms with Gasteiger partial charge in [-0.1, -0.05) is 45.7 Å². The first-order valence-electron chi connectivity index (χ1n) is 11.0. The monoisotopic (exact) mass is 568 g/mol. The van der Waals surface area contributed by atoms with E-state index >= 15 is 0 Å². The minimum Gasteiger partial charge on any atom is -0.492 e. The number of rotatable bonds is 6. The molecule has 3 aromatic carbocycles. The van der Waals surface area contributed by atoms with Crippen LogP contribution in [0.15, 0.2) is 71.2 Å². The lowest BCUT2D eigenvalue weighted by molar-refractivity contribution is -0.133. The van der Waals surface area contributed by atoms with Crippen LogP contribution in [0.5, 0.6) is 5.75 Å². The SMILES string of the molecule is CCOc1ccccc1NC(=O)C(=O)Nn1c(C(=O)Nc2cccc(Cl)c2C)cc2cc(Br)ccc21. The minimum absolute atomic E-state index is 0.123. The van der Waals surface area contributed by atoms with Gasteiger partial charge in [-0.05, 0) is 67.9 Å². The molecule has 0 aliphatic rings. The van der Waals surface area contributed by atoms with Crippen LogP contribution in [0.4, 0.5) is 11.4 Å². The van der Waals surface area contributed by atoms with E-state index in [1.54, 1.807) is 73.7 Å². The molecule has 8 nitrogen and oxygen atoms in total. The third-order valence-electron chi connectivity index (χ3n) is 5.37. The average molecular weight is 570 g/mol. The molecule has 4 rings (SSSR count). The summed E-state index contributed by atoms with van der Waals surface area (Å²) in [4.78, 5) is 38.9. The number of para-hydroxylation sites is 2. The summed E-state index contributed by atoms with van der Waals surface area (Å²) < 4.78 is 7.58. The Morgan fingerprint density at radius 3 is 2.47 bits per heavy atom. The maximum atomic E-state index is 13.3. The van der Waals surface area contributed by atoms with Gasteiger partial charge < -0.3 is 15.4 Å². The summed E-state index contributed by atoms with van der Waals surface area (Å²) in [5, 5.41) is 6.57. The van der Waals surface area contributed by atoms with E-state index in [4.69, 9.17) is 16.3 Å². The van der Waals surface area contributed by atoms with Gasteiger partial charge in [-0.15, -0.1) is 0 Å². The van der Waals surface area contributed by atoms with Gasteiger partial charge in [0.1, 0.15) is 11.4 Å². The van der Waals surface area contributed by atoms with E-state index in [2.05, 4.69) is 32.0 Å². The molecule has 0 saturated carbocycles. The molecule has 36 heavy (non-hydrogen) atoms. The third-order valence-corrected chi connectivity index (χ3v) is 6.27. The van der Waals surface area contributed by atoms with Crippen LogP contribution in [0.3, 0.4) is 0 Å². The van der Waals surface area contributed by atoms with E-state index in [0.717, 1.165) is 4.47 Å². The lowest BCUT2D eigenvalue weighted by Gasteiger charge is -2.14. The van der Waals surface area contributed by atoms with Crippen molar-refractivity contribution in [3.63, 3.8) is 0 Å². The molecule has 1 aromatic heterocycles. The van der Waals surface area contributed by atoms with E-state index < -0.39 is 17.7 Å². The predicted octanol–water partition coefficient (Wildman–Crippen LogP) is 5.73. The Balaban J connectivity index is 1.63. The van der Waals surface area contributed by atoms with Crippen LogP contribution in [-0.2, 0) is 9.59 Å². The van der Waals surface area contributed by atoms with Crippen molar-refractivity contribution in [3.8, 4) is 5.75 Å². The Kier molecular flexibility index (Phi) is 7.61. The van der Waals surface area contributed by atoms with Crippen molar-refractivity contribution in [2.45, 2.75) is 13.8 Å². The fourth-order valence-electron chi connectivity index (χ4n) is 3.59. The summed E-state index contributed by atoms with van der Waals surface area (Å²) in [5.41, 5.74) is 4.78. The molecule has 0 radical (unpaired) electrons. The number of nitrogens with one attached hydrogen (secondary N) is 3. The van der Waals surface area contributed by atoms with Gasteiger partial charge in [0, 0.05) is 20.6 Å². The standard InChI is InChI=1S/C26H22BrClN4O4/c1-3-36-23-10-5-4-8-20(23)30-25(34)26(35)31-32-21-12-11-17(27)13-16(21)14-22(32)24(33)29-19-9-6-7-18(28)15(19)2/h4-14H,3H2,1-2H3,(H,29,33)(H,30,34)(H,31,35). The summed E-state index contributed by atoms with van der Waals surface area (Å²) in [7, 11) is 0. The van der Waals surface area contributed by atoms with Crippen molar-refractivity contribution in [2.24, 2.45) is 0 Å². The molecule has 0 fully saturated rings. The smallest absolute Gasteiger partial charge is 0.328 e. The van der Waals surface area contributed by atoms with Crippen molar-refractivity contribution in [2.75, 3.05) is 22.7 Å². The second-order valence-electron chi connectivity index (χ2n) is 7.76. The van der Waals surface area contributed by atoms with Crippen LogP contribution in [-0.4, -0.2) is 29.0 Å². The molecule has 0 unspecified atom stereocenters. The molecule has 0 aliphatic heterocycles. The Morgan fingerprint density at radius 1 is 0.944 bits per heavy atom. The zero-order valence-corrected chi connectivity index (χ0v) is 21.7. The molecule has 184 valence electrons. The molecule has 0 aliphatic carbocycles. The number of fused-ring (bicyclic) bond motifs is 1. The summed E-state index contributed by atoms with van der Waals surface area (Å²) >= 11 is 9.60. The number of anilines is 2. The third kappa shape index (κ3) is 5.37. The maximum Gasteiger partial charge on any atom is 0.328 e. The molecule has 0 spiro atoms. The zero-order valence-electron chi connectivity index (χ0n) is 19.4. The zero-order chi connectivity index (χ0) is 25.8. The van der Waals surface area contributed by atoms with Crippen molar-refractivity contribution < 1.29 is 19.1 Å².